The van der Waals surface area contributed by atoms with Crippen molar-refractivity contribution in [2.45, 2.75) is 31.7 Å². The summed E-state index contributed by atoms with van der Waals surface area (Å²) in [6.45, 7) is 4.88. The van der Waals surface area contributed by atoms with E-state index in [-0.39, 0.29) is 0 Å². The van der Waals surface area contributed by atoms with Gasteiger partial charge in [0.05, 0.1) is 7.11 Å². The highest BCUT2D eigenvalue weighted by Gasteiger charge is 2.37. The molecule has 3 saturated heterocycles. The van der Waals surface area contributed by atoms with Gasteiger partial charge < -0.3 is 9.64 Å². The fourth-order valence-corrected chi connectivity index (χ4v) is 4.67. The van der Waals surface area contributed by atoms with Crippen molar-refractivity contribution in [3.05, 3.63) is 30.3 Å². The van der Waals surface area contributed by atoms with Gasteiger partial charge in [0.15, 0.2) is 0 Å². The first-order valence-corrected chi connectivity index (χ1v) is 9.73. The van der Waals surface area contributed by atoms with E-state index in [0.29, 0.717) is 6.04 Å². The van der Waals surface area contributed by atoms with Gasteiger partial charge in [-0.15, -0.1) is 0 Å². The fraction of sp³-hybridized carbons (Fsp3) is 0.571. The summed E-state index contributed by atoms with van der Waals surface area (Å²) in [7, 11) is 1.73. The highest BCUT2D eigenvalue weighted by atomic mass is 16.5. The van der Waals surface area contributed by atoms with Crippen molar-refractivity contribution in [2.75, 3.05) is 38.2 Å². The number of para-hydroxylation sites is 1. The van der Waals surface area contributed by atoms with Crippen molar-refractivity contribution in [1.29, 1.82) is 0 Å². The van der Waals surface area contributed by atoms with E-state index in [2.05, 4.69) is 28.0 Å². The zero-order valence-electron chi connectivity index (χ0n) is 15.0. The van der Waals surface area contributed by atoms with E-state index in [4.69, 9.17) is 9.72 Å². The summed E-state index contributed by atoms with van der Waals surface area (Å²) >= 11 is 0. The Morgan fingerprint density at radius 1 is 1.04 bits per heavy atom. The monoisotopic (exact) mass is 337 g/mol. The molecule has 6 rings (SSSR count). The number of aromatic nitrogens is 1. The average molecular weight is 337 g/mol. The summed E-state index contributed by atoms with van der Waals surface area (Å²) in [6, 6.07) is 11.2. The second-order valence-corrected chi connectivity index (χ2v) is 8.10. The van der Waals surface area contributed by atoms with E-state index in [0.717, 1.165) is 47.4 Å². The summed E-state index contributed by atoms with van der Waals surface area (Å²) in [5.74, 6) is 3.75. The van der Waals surface area contributed by atoms with Gasteiger partial charge in [0, 0.05) is 37.6 Å². The molecule has 1 aromatic heterocycles. The lowest BCUT2D eigenvalue weighted by atomic mass is 9.95. The average Bonchev–Trinajstić information content (AvgIpc) is 3.48. The Morgan fingerprint density at radius 3 is 2.80 bits per heavy atom. The minimum atomic E-state index is 0.703. The number of nitrogens with zero attached hydrogens (tertiary/aromatic N) is 3. The number of rotatable bonds is 4. The van der Waals surface area contributed by atoms with Crippen LogP contribution in [0.15, 0.2) is 30.3 Å². The van der Waals surface area contributed by atoms with E-state index < -0.39 is 0 Å². The van der Waals surface area contributed by atoms with Crippen molar-refractivity contribution >= 4 is 16.7 Å². The third-order valence-electron chi connectivity index (χ3n) is 6.23. The predicted octanol–water partition coefficient (Wildman–Crippen LogP) is 3.55. The van der Waals surface area contributed by atoms with Gasteiger partial charge in [0.2, 0.25) is 0 Å². The number of benzene rings is 1. The number of hydrogen-bond donors (Lipinski definition) is 0. The highest BCUT2D eigenvalue weighted by molar-refractivity contribution is 5.86. The highest BCUT2D eigenvalue weighted by Crippen LogP contribution is 2.36. The normalized spacial score (nSPS) is 26.8. The van der Waals surface area contributed by atoms with Gasteiger partial charge in [-0.05, 0) is 55.7 Å². The van der Waals surface area contributed by atoms with Crippen LogP contribution in [0.5, 0.6) is 5.75 Å². The van der Waals surface area contributed by atoms with Crippen LogP contribution in [0.25, 0.3) is 10.9 Å². The molecule has 4 aliphatic rings. The van der Waals surface area contributed by atoms with Gasteiger partial charge in [0.1, 0.15) is 17.1 Å². The topological polar surface area (TPSA) is 28.6 Å². The molecule has 0 radical (unpaired) electrons. The molecule has 1 aliphatic carbocycles. The first-order chi connectivity index (χ1) is 12.3. The number of pyridine rings is 1. The molecule has 4 heterocycles. The van der Waals surface area contributed by atoms with Crippen LogP contribution in [0.4, 0.5) is 5.82 Å². The van der Waals surface area contributed by atoms with Crippen molar-refractivity contribution in [1.82, 2.24) is 9.88 Å². The van der Waals surface area contributed by atoms with Crippen LogP contribution >= 0.6 is 0 Å². The molecule has 1 saturated carbocycles. The fourth-order valence-electron chi connectivity index (χ4n) is 4.67. The van der Waals surface area contributed by atoms with Crippen LogP contribution in [0.3, 0.4) is 0 Å². The van der Waals surface area contributed by atoms with Crippen LogP contribution in [0.1, 0.15) is 25.7 Å². The van der Waals surface area contributed by atoms with Crippen LogP contribution in [0.2, 0.25) is 0 Å². The lowest BCUT2D eigenvalue weighted by molar-refractivity contribution is 0.128. The number of methoxy groups -OCH3 is 1. The van der Waals surface area contributed by atoms with Crippen molar-refractivity contribution < 1.29 is 4.74 Å². The van der Waals surface area contributed by atoms with Crippen LogP contribution in [-0.2, 0) is 0 Å². The molecule has 0 spiro atoms. The van der Waals surface area contributed by atoms with E-state index in [1.807, 2.05) is 12.1 Å². The molecule has 4 heteroatoms. The molecule has 4 nitrogen and oxygen atoms in total. The molecule has 0 amide bonds. The summed E-state index contributed by atoms with van der Waals surface area (Å²) in [4.78, 5) is 10.3. The largest absolute Gasteiger partial charge is 0.494 e. The maximum atomic E-state index is 5.53. The van der Waals surface area contributed by atoms with Crippen molar-refractivity contribution in [3.8, 4) is 5.75 Å². The molecular formula is C21H27N3O. The minimum absolute atomic E-state index is 0.703. The van der Waals surface area contributed by atoms with Gasteiger partial charge in [-0.1, -0.05) is 12.1 Å². The molecule has 4 fully saturated rings. The minimum Gasteiger partial charge on any atom is -0.494 e. The first kappa shape index (κ1) is 15.4. The van der Waals surface area contributed by atoms with E-state index >= 15 is 0 Å². The van der Waals surface area contributed by atoms with Gasteiger partial charge in [0.25, 0.3) is 0 Å². The smallest absolute Gasteiger partial charge is 0.145 e. The Bertz CT molecular complexity index is 773. The molecule has 2 atom stereocenters. The lowest BCUT2D eigenvalue weighted by Gasteiger charge is -2.36. The molecule has 1 aromatic carbocycles. The summed E-state index contributed by atoms with van der Waals surface area (Å²) in [5.41, 5.74) is 0.980. The van der Waals surface area contributed by atoms with Gasteiger partial charge in [-0.2, -0.15) is 0 Å². The van der Waals surface area contributed by atoms with Crippen molar-refractivity contribution in [2.24, 2.45) is 11.8 Å². The molecule has 25 heavy (non-hydrogen) atoms. The lowest BCUT2D eigenvalue weighted by Crippen LogP contribution is -2.44. The zero-order valence-corrected chi connectivity index (χ0v) is 15.0. The SMILES string of the molecule is COc1cccc2ccc(N3C[C@H]4CC[C@@H](C3)N(CC3CC3)C4)nc12. The number of piperidine rings is 1. The maximum absolute atomic E-state index is 5.53. The maximum Gasteiger partial charge on any atom is 0.145 e. The second kappa shape index (κ2) is 6.17. The molecule has 2 bridgehead atoms. The standard InChI is InChI=1S/C21H27N3O/c1-25-19-4-2-3-17-8-10-20(22-21(17)19)24-13-16-7-9-18(14-24)23(12-16)11-15-5-6-15/h2-4,8,10,15-16,18H,5-7,9,11-14H2,1H3/t16-,18-/m0/s1. The number of anilines is 1. The van der Waals surface area contributed by atoms with Gasteiger partial charge in [-0.3, -0.25) is 4.90 Å². The van der Waals surface area contributed by atoms with E-state index in [1.54, 1.807) is 7.11 Å². The molecular weight excluding hydrogens is 310 g/mol. The zero-order chi connectivity index (χ0) is 16.8. The number of ether oxygens (including phenoxy) is 1. The number of hydrogen-bond acceptors (Lipinski definition) is 4. The van der Waals surface area contributed by atoms with Gasteiger partial charge in [-0.25, -0.2) is 4.98 Å². The number of fused-ring (bicyclic) bond motifs is 5. The third-order valence-corrected chi connectivity index (χ3v) is 6.23. The van der Waals surface area contributed by atoms with E-state index in [9.17, 15) is 0 Å². The molecule has 0 N–H and O–H groups in total. The molecule has 132 valence electrons. The second-order valence-electron chi connectivity index (χ2n) is 8.10. The quantitative estimate of drug-likeness (QED) is 0.853. The molecule has 2 aromatic rings. The Hall–Kier alpha value is -1.81. The summed E-state index contributed by atoms with van der Waals surface area (Å²) in [6.07, 6.45) is 5.62. The Morgan fingerprint density at radius 2 is 1.96 bits per heavy atom. The van der Waals surface area contributed by atoms with Crippen LogP contribution < -0.4 is 9.64 Å². The van der Waals surface area contributed by atoms with Gasteiger partial charge >= 0.3 is 0 Å². The van der Waals surface area contributed by atoms with Crippen LogP contribution in [0, 0.1) is 11.8 Å². The Labute approximate surface area is 149 Å². The third kappa shape index (κ3) is 2.97. The van der Waals surface area contributed by atoms with Crippen LogP contribution in [-0.4, -0.2) is 49.2 Å². The summed E-state index contributed by atoms with van der Waals surface area (Å²) in [5, 5.41) is 1.15. The molecule has 0 unspecified atom stereocenters. The molecule has 3 aliphatic heterocycles. The predicted molar refractivity (Wildman–Crippen MR) is 101 cm³/mol. The first-order valence-electron chi connectivity index (χ1n) is 9.73. The van der Waals surface area contributed by atoms with Crippen molar-refractivity contribution in [3.63, 3.8) is 0 Å². The Kier molecular flexibility index (Phi) is 3.81. The van der Waals surface area contributed by atoms with E-state index in [1.165, 1.54) is 38.8 Å². The summed E-state index contributed by atoms with van der Waals surface area (Å²) < 4.78 is 5.53. The Balaban J connectivity index is 1.44.